The van der Waals surface area contributed by atoms with Crippen molar-refractivity contribution >= 4 is 27.6 Å². The number of carbonyl (C=O) groups excluding carboxylic acids is 1. The van der Waals surface area contributed by atoms with Crippen molar-refractivity contribution in [3.05, 3.63) is 30.3 Å². The molecule has 0 spiro atoms. The van der Waals surface area contributed by atoms with Crippen molar-refractivity contribution in [3.63, 3.8) is 0 Å². The van der Waals surface area contributed by atoms with E-state index < -0.39 is 6.09 Å². The maximum absolute atomic E-state index is 11.2. The summed E-state index contributed by atoms with van der Waals surface area (Å²) in [5.74, 6) is 0. The van der Waals surface area contributed by atoms with E-state index in [1.807, 2.05) is 30.3 Å². The molecule has 0 aliphatic heterocycles. The molecular formula is C11H11N3O2S. The van der Waals surface area contributed by atoms with Gasteiger partial charge in [-0.2, -0.15) is 0 Å². The quantitative estimate of drug-likeness (QED) is 0.857. The third-order valence-electron chi connectivity index (χ3n) is 2.09. The summed E-state index contributed by atoms with van der Waals surface area (Å²) < 4.78 is 4.54. The molecular weight excluding hydrogens is 238 g/mol. The summed E-state index contributed by atoms with van der Waals surface area (Å²) in [6.07, 6.45) is -0.536. The van der Waals surface area contributed by atoms with Crippen LogP contribution in [-0.4, -0.2) is 18.2 Å². The molecule has 17 heavy (non-hydrogen) atoms. The van der Waals surface area contributed by atoms with Crippen LogP contribution < -0.4 is 11.1 Å². The molecule has 1 amide bonds. The minimum atomic E-state index is -0.536. The zero-order valence-electron chi connectivity index (χ0n) is 9.14. The van der Waals surface area contributed by atoms with Crippen LogP contribution >= 0.6 is 11.3 Å². The monoisotopic (exact) mass is 249 g/mol. The Labute approximate surface area is 102 Å². The van der Waals surface area contributed by atoms with Gasteiger partial charge in [-0.05, 0) is 0 Å². The highest BCUT2D eigenvalue weighted by atomic mass is 32.1. The van der Waals surface area contributed by atoms with Crippen LogP contribution in [0.1, 0.15) is 0 Å². The number of nitrogen functional groups attached to an aromatic ring is 1. The Morgan fingerprint density at radius 2 is 2.12 bits per heavy atom. The maximum atomic E-state index is 11.2. The fourth-order valence-electron chi connectivity index (χ4n) is 1.36. The third kappa shape index (κ3) is 2.54. The molecule has 0 fully saturated rings. The molecule has 0 saturated heterocycles. The van der Waals surface area contributed by atoms with Crippen LogP contribution in [0.4, 0.5) is 14.9 Å². The molecule has 5 nitrogen and oxygen atoms in total. The Hall–Kier alpha value is -2.08. The number of aromatic nitrogens is 1. The van der Waals surface area contributed by atoms with Gasteiger partial charge >= 0.3 is 6.09 Å². The highest BCUT2D eigenvalue weighted by molar-refractivity contribution is 7.20. The lowest BCUT2D eigenvalue weighted by Gasteiger charge is -2.03. The Morgan fingerprint density at radius 1 is 1.41 bits per heavy atom. The molecule has 1 heterocycles. The second kappa shape index (κ2) is 4.84. The summed E-state index contributed by atoms with van der Waals surface area (Å²) >= 11 is 1.21. The van der Waals surface area contributed by atoms with E-state index >= 15 is 0 Å². The van der Waals surface area contributed by atoms with Gasteiger partial charge in [-0.15, -0.1) is 0 Å². The van der Waals surface area contributed by atoms with Crippen molar-refractivity contribution in [3.8, 4) is 11.3 Å². The van der Waals surface area contributed by atoms with E-state index in [4.69, 9.17) is 5.73 Å². The number of amides is 1. The summed E-state index contributed by atoms with van der Waals surface area (Å²) in [7, 11) is 1.31. The Balaban J connectivity index is 2.37. The molecule has 0 aliphatic rings. The predicted molar refractivity (Wildman–Crippen MR) is 68.0 cm³/mol. The van der Waals surface area contributed by atoms with Gasteiger partial charge in [0.1, 0.15) is 10.7 Å². The molecule has 0 atom stereocenters. The zero-order valence-corrected chi connectivity index (χ0v) is 9.95. The van der Waals surface area contributed by atoms with Crippen LogP contribution in [0.3, 0.4) is 0 Å². The number of hydrogen-bond acceptors (Lipinski definition) is 5. The molecule has 1 aromatic carbocycles. The van der Waals surface area contributed by atoms with Gasteiger partial charge in [-0.1, -0.05) is 41.7 Å². The summed E-state index contributed by atoms with van der Waals surface area (Å²) in [4.78, 5) is 15.4. The lowest BCUT2D eigenvalue weighted by molar-refractivity contribution is 0.187. The fourth-order valence-corrected chi connectivity index (χ4v) is 2.10. The van der Waals surface area contributed by atoms with Crippen molar-refractivity contribution in [2.45, 2.75) is 0 Å². The number of rotatable bonds is 2. The van der Waals surface area contributed by atoms with Gasteiger partial charge in [0, 0.05) is 5.56 Å². The summed E-state index contributed by atoms with van der Waals surface area (Å²) in [5.41, 5.74) is 7.20. The first-order valence-corrected chi connectivity index (χ1v) is 5.69. The first-order valence-electron chi connectivity index (χ1n) is 4.87. The molecule has 0 bridgehead atoms. The van der Waals surface area contributed by atoms with Gasteiger partial charge in [0.25, 0.3) is 0 Å². The average Bonchev–Trinajstić information content (AvgIpc) is 2.71. The predicted octanol–water partition coefficient (Wildman–Crippen LogP) is 2.57. The third-order valence-corrected chi connectivity index (χ3v) is 2.89. The van der Waals surface area contributed by atoms with Crippen LogP contribution in [0.15, 0.2) is 30.3 Å². The number of benzene rings is 1. The first kappa shape index (κ1) is 11.4. The Kier molecular flexibility index (Phi) is 3.24. The Morgan fingerprint density at radius 3 is 2.76 bits per heavy atom. The molecule has 6 heteroatoms. The van der Waals surface area contributed by atoms with Crippen LogP contribution in [0.5, 0.6) is 0 Å². The molecule has 2 rings (SSSR count). The molecule has 1 aromatic heterocycles. The van der Waals surface area contributed by atoms with Gasteiger partial charge in [0.05, 0.1) is 7.11 Å². The number of thiazole rings is 1. The number of ether oxygens (including phenoxy) is 1. The lowest BCUT2D eigenvalue weighted by atomic mass is 10.2. The number of nitrogens with two attached hydrogens (primary N) is 1. The highest BCUT2D eigenvalue weighted by Gasteiger charge is 2.13. The van der Waals surface area contributed by atoms with Gasteiger partial charge < -0.3 is 10.5 Å². The molecule has 0 aliphatic carbocycles. The number of carbonyl (C=O) groups is 1. The standard InChI is InChI=1S/C11H11N3O2S/c1-16-11(15)14-9-8(13-10(12)17-9)7-5-3-2-4-6-7/h2-6H,1H3,(H2,12,13)(H,14,15). The van der Waals surface area contributed by atoms with Gasteiger partial charge in [0.15, 0.2) is 5.13 Å². The van der Waals surface area contributed by atoms with Crippen molar-refractivity contribution < 1.29 is 9.53 Å². The minimum absolute atomic E-state index is 0.398. The van der Waals surface area contributed by atoms with Gasteiger partial charge in [-0.25, -0.2) is 9.78 Å². The van der Waals surface area contributed by atoms with Gasteiger partial charge in [-0.3, -0.25) is 5.32 Å². The summed E-state index contributed by atoms with van der Waals surface area (Å²) in [6.45, 7) is 0. The molecule has 0 unspecified atom stereocenters. The van der Waals surface area contributed by atoms with E-state index in [0.717, 1.165) is 5.56 Å². The summed E-state index contributed by atoms with van der Waals surface area (Å²) in [5, 5.41) is 3.58. The molecule has 0 radical (unpaired) electrons. The van der Waals surface area contributed by atoms with Crippen molar-refractivity contribution in [2.75, 3.05) is 18.2 Å². The van der Waals surface area contributed by atoms with E-state index in [2.05, 4.69) is 15.0 Å². The smallest absolute Gasteiger partial charge is 0.412 e. The van der Waals surface area contributed by atoms with E-state index in [-0.39, 0.29) is 0 Å². The van der Waals surface area contributed by atoms with Crippen LogP contribution in [0.2, 0.25) is 0 Å². The first-order chi connectivity index (χ1) is 8.20. The number of methoxy groups -OCH3 is 1. The second-order valence-electron chi connectivity index (χ2n) is 3.21. The zero-order chi connectivity index (χ0) is 12.3. The van der Waals surface area contributed by atoms with E-state index in [0.29, 0.717) is 15.8 Å². The largest absolute Gasteiger partial charge is 0.453 e. The van der Waals surface area contributed by atoms with Crippen molar-refractivity contribution in [2.24, 2.45) is 0 Å². The second-order valence-corrected chi connectivity index (χ2v) is 4.24. The van der Waals surface area contributed by atoms with Crippen LogP contribution in [-0.2, 0) is 4.74 Å². The number of nitrogens with one attached hydrogen (secondary N) is 1. The average molecular weight is 249 g/mol. The van der Waals surface area contributed by atoms with Gasteiger partial charge in [0.2, 0.25) is 0 Å². The maximum Gasteiger partial charge on any atom is 0.412 e. The number of anilines is 2. The van der Waals surface area contributed by atoms with E-state index in [1.54, 1.807) is 0 Å². The molecule has 3 N–H and O–H groups in total. The van der Waals surface area contributed by atoms with Crippen molar-refractivity contribution in [1.82, 2.24) is 4.98 Å². The van der Waals surface area contributed by atoms with Crippen LogP contribution in [0.25, 0.3) is 11.3 Å². The number of nitrogens with zero attached hydrogens (tertiary/aromatic N) is 1. The minimum Gasteiger partial charge on any atom is -0.453 e. The van der Waals surface area contributed by atoms with E-state index in [9.17, 15) is 4.79 Å². The number of hydrogen-bond donors (Lipinski definition) is 2. The molecule has 2 aromatic rings. The van der Waals surface area contributed by atoms with E-state index in [1.165, 1.54) is 18.4 Å². The lowest BCUT2D eigenvalue weighted by Crippen LogP contribution is -2.10. The fraction of sp³-hybridized carbons (Fsp3) is 0.0909. The SMILES string of the molecule is COC(=O)Nc1sc(N)nc1-c1ccccc1. The summed E-state index contributed by atoms with van der Waals surface area (Å²) in [6, 6.07) is 9.50. The van der Waals surface area contributed by atoms with Crippen molar-refractivity contribution in [1.29, 1.82) is 0 Å². The molecule has 88 valence electrons. The Bertz CT molecular complexity index is 525. The topological polar surface area (TPSA) is 77.2 Å². The van der Waals surface area contributed by atoms with Crippen LogP contribution in [0, 0.1) is 0 Å². The highest BCUT2D eigenvalue weighted by Crippen LogP contribution is 2.34. The normalized spacial score (nSPS) is 9.94. The molecule has 0 saturated carbocycles.